The fourth-order valence-electron chi connectivity index (χ4n) is 2.73. The van der Waals surface area contributed by atoms with E-state index in [4.69, 9.17) is 5.73 Å². The number of hydrogen-bond donors (Lipinski definition) is 1. The molecule has 0 saturated heterocycles. The number of sulfone groups is 1. The molecule has 2 rings (SSSR count). The van der Waals surface area contributed by atoms with Gasteiger partial charge in [-0.2, -0.15) is 0 Å². The summed E-state index contributed by atoms with van der Waals surface area (Å²) in [4.78, 5) is 0. The molecule has 1 aliphatic rings. The Morgan fingerprint density at radius 1 is 1.11 bits per heavy atom. The lowest BCUT2D eigenvalue weighted by Gasteiger charge is -2.12. The van der Waals surface area contributed by atoms with Gasteiger partial charge < -0.3 is 5.73 Å². The lowest BCUT2D eigenvalue weighted by molar-refractivity contribution is 0.558. The first kappa shape index (κ1) is 13.6. The van der Waals surface area contributed by atoms with Gasteiger partial charge in [0.05, 0.1) is 11.5 Å². The van der Waals surface area contributed by atoms with Gasteiger partial charge in [0.1, 0.15) is 0 Å². The van der Waals surface area contributed by atoms with Crippen LogP contribution in [0.3, 0.4) is 0 Å². The van der Waals surface area contributed by atoms with Gasteiger partial charge in [-0.15, -0.1) is 0 Å². The Hall–Kier alpha value is -0.870. The maximum Gasteiger partial charge on any atom is 0.154 e. The summed E-state index contributed by atoms with van der Waals surface area (Å²) in [6.45, 7) is 0.398. The molecular weight excluding hydrogens is 246 g/mol. The molecule has 1 saturated carbocycles. The highest BCUT2D eigenvalue weighted by Gasteiger charge is 2.23. The molecular formula is C14H21NO2S. The third kappa shape index (κ3) is 3.56. The van der Waals surface area contributed by atoms with Crippen LogP contribution in [-0.4, -0.2) is 14.2 Å². The van der Waals surface area contributed by atoms with Crippen LogP contribution in [-0.2, 0) is 22.1 Å². The van der Waals surface area contributed by atoms with Crippen LogP contribution in [0.1, 0.15) is 36.8 Å². The van der Waals surface area contributed by atoms with E-state index >= 15 is 0 Å². The number of nitrogens with two attached hydrogens (primary N) is 1. The molecule has 1 aromatic carbocycles. The highest BCUT2D eigenvalue weighted by molar-refractivity contribution is 7.90. The molecule has 18 heavy (non-hydrogen) atoms. The molecule has 0 atom stereocenters. The van der Waals surface area contributed by atoms with Crippen molar-refractivity contribution in [1.29, 1.82) is 0 Å². The van der Waals surface area contributed by atoms with Crippen molar-refractivity contribution in [2.75, 3.05) is 5.75 Å². The standard InChI is InChI=1S/C14H21NO2S/c15-9-13-7-3-4-8-14(13)11-18(16,17)10-12-5-1-2-6-12/h3-4,7-8,12H,1-2,5-6,9-11,15H2. The Balaban J connectivity index is 2.06. The van der Waals surface area contributed by atoms with Crippen LogP contribution in [0.2, 0.25) is 0 Å². The molecule has 0 bridgehead atoms. The Kier molecular flexibility index (Phi) is 4.40. The maximum absolute atomic E-state index is 12.2. The van der Waals surface area contributed by atoms with E-state index in [9.17, 15) is 8.42 Å². The molecule has 0 unspecified atom stereocenters. The average Bonchev–Trinajstić information content (AvgIpc) is 2.81. The van der Waals surface area contributed by atoms with Crippen molar-refractivity contribution < 1.29 is 8.42 Å². The molecule has 0 spiro atoms. The second-order valence-electron chi connectivity index (χ2n) is 5.18. The van der Waals surface area contributed by atoms with Gasteiger partial charge in [-0.3, -0.25) is 0 Å². The van der Waals surface area contributed by atoms with Crippen LogP contribution >= 0.6 is 0 Å². The second kappa shape index (κ2) is 5.85. The van der Waals surface area contributed by atoms with Crippen LogP contribution in [0.5, 0.6) is 0 Å². The van der Waals surface area contributed by atoms with Crippen LogP contribution in [0.15, 0.2) is 24.3 Å². The minimum Gasteiger partial charge on any atom is -0.326 e. The highest BCUT2D eigenvalue weighted by atomic mass is 32.2. The van der Waals surface area contributed by atoms with E-state index in [0.717, 1.165) is 24.0 Å². The third-order valence-corrected chi connectivity index (χ3v) is 5.41. The quantitative estimate of drug-likeness (QED) is 0.890. The third-order valence-electron chi connectivity index (χ3n) is 3.68. The summed E-state index contributed by atoms with van der Waals surface area (Å²) in [6.07, 6.45) is 4.49. The largest absolute Gasteiger partial charge is 0.326 e. The summed E-state index contributed by atoms with van der Waals surface area (Å²) in [6, 6.07) is 7.55. The minimum atomic E-state index is -3.01. The van der Waals surface area contributed by atoms with Crippen molar-refractivity contribution in [3.8, 4) is 0 Å². The molecule has 0 aromatic heterocycles. The Morgan fingerprint density at radius 2 is 1.72 bits per heavy atom. The first-order chi connectivity index (χ1) is 8.61. The molecule has 2 N–H and O–H groups in total. The number of rotatable bonds is 5. The van der Waals surface area contributed by atoms with Crippen molar-refractivity contribution in [2.45, 2.75) is 38.0 Å². The molecule has 1 fully saturated rings. The number of benzene rings is 1. The first-order valence-corrected chi connectivity index (χ1v) is 8.40. The Bertz CT molecular complexity index is 490. The fourth-order valence-corrected chi connectivity index (χ4v) is 4.65. The maximum atomic E-state index is 12.2. The van der Waals surface area contributed by atoms with E-state index in [0.29, 0.717) is 18.2 Å². The topological polar surface area (TPSA) is 60.2 Å². The van der Waals surface area contributed by atoms with Gasteiger partial charge in [-0.1, -0.05) is 37.1 Å². The van der Waals surface area contributed by atoms with Gasteiger partial charge in [0, 0.05) is 6.54 Å². The molecule has 0 amide bonds. The van der Waals surface area contributed by atoms with Crippen molar-refractivity contribution in [3.05, 3.63) is 35.4 Å². The van der Waals surface area contributed by atoms with Crippen LogP contribution in [0.4, 0.5) is 0 Å². The van der Waals surface area contributed by atoms with Gasteiger partial charge in [0.25, 0.3) is 0 Å². The smallest absolute Gasteiger partial charge is 0.154 e. The fraction of sp³-hybridized carbons (Fsp3) is 0.571. The zero-order chi connectivity index (χ0) is 13.0. The first-order valence-electron chi connectivity index (χ1n) is 6.58. The van der Waals surface area contributed by atoms with E-state index in [-0.39, 0.29) is 5.75 Å². The van der Waals surface area contributed by atoms with Crippen molar-refractivity contribution >= 4 is 9.84 Å². The summed E-state index contributed by atoms with van der Waals surface area (Å²) in [5.74, 6) is 0.850. The van der Waals surface area contributed by atoms with Gasteiger partial charge in [-0.05, 0) is 29.9 Å². The molecule has 100 valence electrons. The summed E-state index contributed by atoms with van der Waals surface area (Å²) in [5.41, 5.74) is 7.44. The van der Waals surface area contributed by atoms with Crippen molar-refractivity contribution in [1.82, 2.24) is 0 Å². The minimum absolute atomic E-state index is 0.136. The van der Waals surface area contributed by atoms with Gasteiger partial charge in [0.15, 0.2) is 9.84 Å². The molecule has 3 nitrogen and oxygen atoms in total. The van der Waals surface area contributed by atoms with Crippen LogP contribution < -0.4 is 5.73 Å². The van der Waals surface area contributed by atoms with Crippen molar-refractivity contribution in [3.63, 3.8) is 0 Å². The zero-order valence-electron chi connectivity index (χ0n) is 10.6. The lowest BCUT2D eigenvalue weighted by Crippen LogP contribution is -2.17. The van der Waals surface area contributed by atoms with Gasteiger partial charge >= 0.3 is 0 Å². The average molecular weight is 267 g/mol. The molecule has 0 aliphatic heterocycles. The van der Waals surface area contributed by atoms with Crippen molar-refractivity contribution in [2.24, 2.45) is 11.7 Å². The molecule has 0 radical (unpaired) electrons. The van der Waals surface area contributed by atoms with E-state index in [1.165, 1.54) is 12.8 Å². The van der Waals surface area contributed by atoms with E-state index in [1.807, 2.05) is 24.3 Å². The summed E-state index contributed by atoms with van der Waals surface area (Å²) >= 11 is 0. The molecule has 1 aliphatic carbocycles. The predicted octanol–water partition coefficient (Wildman–Crippen LogP) is 2.25. The summed E-state index contributed by atoms with van der Waals surface area (Å²) in [5, 5.41) is 0. The zero-order valence-corrected chi connectivity index (χ0v) is 11.5. The Labute approximate surface area is 109 Å². The molecule has 1 aromatic rings. The highest BCUT2D eigenvalue weighted by Crippen LogP contribution is 2.27. The van der Waals surface area contributed by atoms with Gasteiger partial charge in [-0.25, -0.2) is 8.42 Å². The van der Waals surface area contributed by atoms with E-state index in [1.54, 1.807) is 0 Å². The monoisotopic (exact) mass is 267 g/mol. The molecule has 4 heteroatoms. The van der Waals surface area contributed by atoms with Crippen LogP contribution in [0.25, 0.3) is 0 Å². The predicted molar refractivity (Wildman–Crippen MR) is 73.8 cm³/mol. The molecule has 0 heterocycles. The lowest BCUT2D eigenvalue weighted by atomic mass is 10.1. The van der Waals surface area contributed by atoms with Crippen LogP contribution in [0, 0.1) is 5.92 Å². The normalized spacial score (nSPS) is 17.2. The van der Waals surface area contributed by atoms with Gasteiger partial charge in [0.2, 0.25) is 0 Å². The summed E-state index contributed by atoms with van der Waals surface area (Å²) in [7, 11) is -3.01. The second-order valence-corrected chi connectivity index (χ2v) is 7.29. The number of hydrogen-bond acceptors (Lipinski definition) is 3. The van der Waals surface area contributed by atoms with E-state index in [2.05, 4.69) is 0 Å². The van der Waals surface area contributed by atoms with E-state index < -0.39 is 9.84 Å². The Morgan fingerprint density at radius 3 is 2.33 bits per heavy atom. The summed E-state index contributed by atoms with van der Waals surface area (Å²) < 4.78 is 24.4. The SMILES string of the molecule is NCc1ccccc1CS(=O)(=O)CC1CCCC1.